The molecule has 0 spiro atoms. The third-order valence-corrected chi connectivity index (χ3v) is 4.04. The van der Waals surface area contributed by atoms with Crippen LogP contribution in [0.3, 0.4) is 0 Å². The molecule has 2 rings (SSSR count). The molecule has 19 heavy (non-hydrogen) atoms. The molecule has 1 atom stereocenters. The third kappa shape index (κ3) is 2.42. The van der Waals surface area contributed by atoms with Gasteiger partial charge in [-0.05, 0) is 30.0 Å². The molecule has 0 saturated heterocycles. The Morgan fingerprint density at radius 2 is 1.89 bits per heavy atom. The van der Waals surface area contributed by atoms with Gasteiger partial charge in [0, 0.05) is 5.70 Å². The number of alkyl halides is 3. The van der Waals surface area contributed by atoms with Crippen LogP contribution >= 0.6 is 11.8 Å². The zero-order chi connectivity index (χ0) is 14.3. The molecule has 0 fully saturated rings. The minimum absolute atomic E-state index is 0.270. The van der Waals surface area contributed by atoms with Crippen LogP contribution in [-0.4, -0.2) is 11.1 Å². The molecule has 0 bridgehead atoms. The molecule has 1 aliphatic heterocycles. The van der Waals surface area contributed by atoms with E-state index in [1.54, 1.807) is 12.3 Å². The monoisotopic (exact) mass is 289 g/mol. The normalized spacial score (nSPS) is 22.8. The lowest BCUT2D eigenvalue weighted by Crippen LogP contribution is -2.42. The summed E-state index contributed by atoms with van der Waals surface area (Å²) in [6, 6.07) is 4.14. The number of hydrogen-bond donors (Lipinski definition) is 2. The van der Waals surface area contributed by atoms with Crippen molar-refractivity contribution in [1.82, 2.24) is 5.32 Å². The van der Waals surface area contributed by atoms with Crippen LogP contribution < -0.4 is 5.32 Å². The van der Waals surface area contributed by atoms with Crippen molar-refractivity contribution in [3.8, 4) is 0 Å². The molecule has 102 valence electrons. The number of carboxylic acids is 1. The molecule has 1 aliphatic rings. The molecular weight excluding hydrogens is 279 g/mol. The molecule has 3 nitrogen and oxygen atoms in total. The zero-order valence-electron chi connectivity index (χ0n) is 9.78. The maximum Gasteiger partial charge on any atom is 0.416 e. The van der Waals surface area contributed by atoms with Crippen LogP contribution in [0.1, 0.15) is 18.1 Å². The Bertz CT molecular complexity index is 539. The maximum absolute atomic E-state index is 12.5. The van der Waals surface area contributed by atoms with Crippen LogP contribution in [0.25, 0.3) is 0 Å². The van der Waals surface area contributed by atoms with E-state index in [-0.39, 0.29) is 5.56 Å². The minimum Gasteiger partial charge on any atom is -0.479 e. The number of allylic oxidation sites excluding steroid dienone is 1. The van der Waals surface area contributed by atoms with Gasteiger partial charge < -0.3 is 10.4 Å². The van der Waals surface area contributed by atoms with E-state index in [0.717, 1.165) is 23.9 Å². The Kier molecular flexibility index (Phi) is 3.25. The topological polar surface area (TPSA) is 49.3 Å². The predicted octanol–water partition coefficient (Wildman–Crippen LogP) is 3.14. The van der Waals surface area contributed by atoms with Gasteiger partial charge >= 0.3 is 12.1 Å². The molecule has 7 heteroatoms. The molecule has 0 aliphatic carbocycles. The molecule has 0 amide bonds. The van der Waals surface area contributed by atoms with Crippen LogP contribution in [0.4, 0.5) is 13.2 Å². The third-order valence-electron chi connectivity index (χ3n) is 2.71. The minimum atomic E-state index is -4.43. The summed E-state index contributed by atoms with van der Waals surface area (Å²) in [6.07, 6.45) is -4.43. The largest absolute Gasteiger partial charge is 0.479 e. The molecule has 2 N–H and O–H groups in total. The van der Waals surface area contributed by atoms with Crippen LogP contribution in [0.15, 0.2) is 35.4 Å². The van der Waals surface area contributed by atoms with E-state index in [1.165, 1.54) is 12.1 Å². The Morgan fingerprint density at radius 1 is 1.32 bits per heavy atom. The zero-order valence-corrected chi connectivity index (χ0v) is 10.6. The Balaban J connectivity index is 2.38. The summed E-state index contributed by atoms with van der Waals surface area (Å²) in [5, 5.41) is 13.7. The molecule has 0 saturated carbocycles. The number of halogens is 3. The van der Waals surface area contributed by atoms with Crippen LogP contribution in [0, 0.1) is 0 Å². The number of nitrogens with one attached hydrogen (secondary N) is 1. The van der Waals surface area contributed by atoms with E-state index >= 15 is 0 Å². The second kappa shape index (κ2) is 4.48. The fourth-order valence-corrected chi connectivity index (χ4v) is 2.78. The summed E-state index contributed by atoms with van der Waals surface area (Å²) in [6.45, 7) is 1.70. The van der Waals surface area contributed by atoms with Crippen molar-refractivity contribution in [2.45, 2.75) is 18.0 Å². The fraction of sp³-hybridized carbons (Fsp3) is 0.250. The molecule has 1 aromatic rings. The summed E-state index contributed by atoms with van der Waals surface area (Å²) in [4.78, 5) is 9.96. The quantitative estimate of drug-likeness (QED) is 0.878. The fourth-order valence-electron chi connectivity index (χ4n) is 1.77. The smallest absolute Gasteiger partial charge is 0.416 e. The number of aliphatic carboxylic acids is 1. The SMILES string of the molecule is CC1=CSC(C(=O)O)(c2ccc(C(F)(F)F)cc2)N1. The van der Waals surface area contributed by atoms with Gasteiger partial charge in [-0.3, -0.25) is 0 Å². The van der Waals surface area contributed by atoms with E-state index in [4.69, 9.17) is 0 Å². The first kappa shape index (κ1) is 13.8. The highest BCUT2D eigenvalue weighted by Gasteiger charge is 2.44. The summed E-state index contributed by atoms with van der Waals surface area (Å²) in [5.41, 5.74) is 0.128. The predicted molar refractivity (Wildman–Crippen MR) is 65.2 cm³/mol. The van der Waals surface area contributed by atoms with Crippen LogP contribution in [-0.2, 0) is 15.8 Å². The number of carbonyl (C=O) groups is 1. The molecule has 0 radical (unpaired) electrons. The number of rotatable bonds is 2. The van der Waals surface area contributed by atoms with E-state index in [1.807, 2.05) is 0 Å². The van der Waals surface area contributed by atoms with Crippen molar-refractivity contribution in [2.75, 3.05) is 0 Å². The van der Waals surface area contributed by atoms with Gasteiger partial charge in [0.1, 0.15) is 0 Å². The van der Waals surface area contributed by atoms with E-state index in [0.29, 0.717) is 5.70 Å². The standard InChI is InChI=1S/C12H10F3NO2S/c1-7-6-19-11(16-7,10(17)18)8-2-4-9(5-3-8)12(13,14)15/h2-6,16H,1H3,(H,17,18). The van der Waals surface area contributed by atoms with Crippen molar-refractivity contribution in [1.29, 1.82) is 0 Å². The number of benzene rings is 1. The highest BCUT2D eigenvalue weighted by Crippen LogP contribution is 2.41. The van der Waals surface area contributed by atoms with Crippen molar-refractivity contribution >= 4 is 17.7 Å². The van der Waals surface area contributed by atoms with Gasteiger partial charge in [-0.15, -0.1) is 0 Å². The van der Waals surface area contributed by atoms with Gasteiger partial charge in [0.05, 0.1) is 5.56 Å². The average Bonchev–Trinajstić information content (AvgIpc) is 2.72. The van der Waals surface area contributed by atoms with Gasteiger partial charge in [0.2, 0.25) is 4.87 Å². The van der Waals surface area contributed by atoms with Crippen LogP contribution in [0.5, 0.6) is 0 Å². The first-order valence-corrected chi connectivity index (χ1v) is 6.17. The first-order chi connectivity index (χ1) is 8.75. The molecule has 0 aromatic heterocycles. The van der Waals surface area contributed by atoms with Gasteiger partial charge in [0.25, 0.3) is 0 Å². The van der Waals surface area contributed by atoms with Crippen LogP contribution in [0.2, 0.25) is 0 Å². The van der Waals surface area contributed by atoms with Gasteiger partial charge in [-0.2, -0.15) is 13.2 Å². The molecule has 1 unspecified atom stereocenters. The van der Waals surface area contributed by atoms with Crippen molar-refractivity contribution in [2.24, 2.45) is 0 Å². The van der Waals surface area contributed by atoms with Gasteiger partial charge in [-0.1, -0.05) is 23.9 Å². The number of carboxylic acid groups (broad SMARTS) is 1. The first-order valence-electron chi connectivity index (χ1n) is 5.29. The Morgan fingerprint density at radius 3 is 2.26 bits per heavy atom. The maximum atomic E-state index is 12.5. The molecular formula is C12H10F3NO2S. The van der Waals surface area contributed by atoms with Crippen molar-refractivity contribution < 1.29 is 23.1 Å². The average molecular weight is 289 g/mol. The Hall–Kier alpha value is -1.63. The van der Waals surface area contributed by atoms with Gasteiger partial charge in [0.15, 0.2) is 0 Å². The highest BCUT2D eigenvalue weighted by molar-refractivity contribution is 8.03. The summed E-state index contributed by atoms with van der Waals surface area (Å²) in [7, 11) is 0. The lowest BCUT2D eigenvalue weighted by Gasteiger charge is -2.25. The second-order valence-electron chi connectivity index (χ2n) is 4.11. The second-order valence-corrected chi connectivity index (χ2v) is 5.19. The van der Waals surface area contributed by atoms with Crippen molar-refractivity contribution in [3.63, 3.8) is 0 Å². The number of hydrogen-bond acceptors (Lipinski definition) is 3. The summed E-state index contributed by atoms with van der Waals surface area (Å²) < 4.78 is 37.4. The summed E-state index contributed by atoms with van der Waals surface area (Å²) >= 11 is 1.02. The van der Waals surface area contributed by atoms with E-state index in [2.05, 4.69) is 5.32 Å². The van der Waals surface area contributed by atoms with Crippen molar-refractivity contribution in [3.05, 3.63) is 46.5 Å². The van der Waals surface area contributed by atoms with E-state index in [9.17, 15) is 23.1 Å². The lowest BCUT2D eigenvalue weighted by atomic mass is 10.0. The Labute approximate surface area is 111 Å². The number of thioether (sulfide) groups is 1. The summed E-state index contributed by atoms with van der Waals surface area (Å²) in [5.74, 6) is -1.15. The highest BCUT2D eigenvalue weighted by atomic mass is 32.2. The lowest BCUT2D eigenvalue weighted by molar-refractivity contribution is -0.140. The molecule has 1 heterocycles. The van der Waals surface area contributed by atoms with Gasteiger partial charge in [-0.25, -0.2) is 4.79 Å². The molecule has 1 aromatic carbocycles. The van der Waals surface area contributed by atoms with E-state index < -0.39 is 22.6 Å².